The molecule has 6 heteroatoms. The maximum absolute atomic E-state index is 8.74. The van der Waals surface area contributed by atoms with Gasteiger partial charge in [-0.15, -0.1) is 13.2 Å². The molecule has 0 saturated heterocycles. The van der Waals surface area contributed by atoms with Gasteiger partial charge in [0, 0.05) is 0 Å². The van der Waals surface area contributed by atoms with Crippen molar-refractivity contribution in [1.29, 1.82) is 0 Å². The molecular weight excluding hydrogens is 287 g/mol. The molecule has 0 bridgehead atoms. The summed E-state index contributed by atoms with van der Waals surface area (Å²) < 4.78 is 33.1. The predicted molar refractivity (Wildman–Crippen MR) is 87.8 cm³/mol. The molecule has 0 aromatic carbocycles. The molecule has 0 aliphatic heterocycles. The molecule has 0 spiro atoms. The molecule has 0 saturated carbocycles. The van der Waals surface area contributed by atoms with Gasteiger partial charge in [-0.25, -0.2) is 0 Å². The van der Waals surface area contributed by atoms with Crippen molar-refractivity contribution in [3.8, 4) is 0 Å². The largest absolute Gasteiger partial charge is 0.394 e. The summed E-state index contributed by atoms with van der Waals surface area (Å²) in [6.45, 7) is 8.29. The summed E-state index contributed by atoms with van der Waals surface area (Å²) in [4.78, 5) is 0. The van der Waals surface area contributed by atoms with Crippen LogP contribution in [0.2, 0.25) is 3.67 Å². The van der Waals surface area contributed by atoms with Gasteiger partial charge in [0.2, 0.25) is 0 Å². The van der Waals surface area contributed by atoms with E-state index in [1.54, 1.807) is 0 Å². The summed E-state index contributed by atoms with van der Waals surface area (Å²) in [5.41, 5.74) is 0. The van der Waals surface area contributed by atoms with E-state index in [4.69, 9.17) is 17.5 Å². The van der Waals surface area contributed by atoms with Crippen molar-refractivity contribution in [2.45, 2.75) is 74.8 Å². The molecule has 0 aromatic rings. The second kappa shape index (κ2) is 21.9. The molecule has 0 amide bonds. The van der Waals surface area contributed by atoms with Gasteiger partial charge in [-0.3, -0.25) is 9.11 Å². The fourth-order valence-corrected chi connectivity index (χ4v) is 2.24. The summed E-state index contributed by atoms with van der Waals surface area (Å²) in [6.07, 6.45) is 14.7. The van der Waals surface area contributed by atoms with Crippen LogP contribution in [0.15, 0.2) is 13.2 Å². The summed E-state index contributed by atoms with van der Waals surface area (Å²) in [5.74, 6) is 0. The summed E-state index contributed by atoms with van der Waals surface area (Å²) in [7, 11) is -4.67. The van der Waals surface area contributed by atoms with Crippen LogP contribution in [0.3, 0.4) is 0 Å². The van der Waals surface area contributed by atoms with Crippen LogP contribution in [-0.4, -0.2) is 45.5 Å². The van der Waals surface area contributed by atoms with Crippen LogP contribution in [0.1, 0.15) is 71.1 Å². The molecule has 0 atom stereocenters. The second-order valence-electron chi connectivity index (χ2n) is 4.63. The molecule has 0 heterocycles. The predicted octanol–water partition coefficient (Wildman–Crippen LogP) is 4.64. The van der Waals surface area contributed by atoms with Crippen LogP contribution < -0.4 is 0 Å². The van der Waals surface area contributed by atoms with Gasteiger partial charge in [0.15, 0.2) is 0 Å². The van der Waals surface area contributed by atoms with Crippen LogP contribution in [0, 0.1) is 0 Å². The third-order valence-electron chi connectivity index (χ3n) is 2.71. The van der Waals surface area contributed by atoms with E-state index in [-0.39, 0.29) is 0 Å². The Hall–Kier alpha value is 0.610. The van der Waals surface area contributed by atoms with Crippen molar-refractivity contribution in [3.63, 3.8) is 0 Å². The monoisotopic (exact) mass is 318 g/mol. The minimum atomic E-state index is -4.67. The molecule has 0 aromatic heterocycles. The first-order valence-electron chi connectivity index (χ1n) is 7.61. The van der Waals surface area contributed by atoms with Gasteiger partial charge in [-0.1, -0.05) is 0 Å². The topological polar surface area (TPSA) is 74.6 Å². The zero-order valence-electron chi connectivity index (χ0n) is 13.3. The second-order valence-corrected chi connectivity index (χ2v) is 6.53. The summed E-state index contributed by atoms with van der Waals surface area (Å²) >= 11 is 1.41. The van der Waals surface area contributed by atoms with Gasteiger partial charge < -0.3 is 0 Å². The zero-order valence-corrected chi connectivity index (χ0v) is 16.1. The number of unbranched alkanes of at least 4 members (excludes halogenated alkanes) is 9. The Kier molecular flexibility index (Phi) is 28.0. The molecule has 0 radical (unpaired) electrons. The van der Waals surface area contributed by atoms with Crippen LogP contribution in [0.4, 0.5) is 0 Å². The fraction of sp³-hybridized carbons (Fsp3) is 0.857. The maximum atomic E-state index is 8.74. The fourth-order valence-electron chi connectivity index (χ4n) is 1.74. The van der Waals surface area contributed by atoms with Crippen molar-refractivity contribution >= 4 is 38.3 Å². The van der Waals surface area contributed by atoms with E-state index in [2.05, 4.69) is 20.1 Å². The zero-order chi connectivity index (χ0) is 16.3. The first-order chi connectivity index (χ1) is 9.41. The Balaban J connectivity index is -0.000000346. The van der Waals surface area contributed by atoms with E-state index in [0.29, 0.717) is 0 Å². The van der Waals surface area contributed by atoms with Crippen molar-refractivity contribution in [2.75, 3.05) is 0 Å². The Labute approximate surface area is 143 Å². The van der Waals surface area contributed by atoms with Crippen LogP contribution in [0.25, 0.3) is 0 Å². The average Bonchev–Trinajstić information content (AvgIpc) is 2.37. The Morgan fingerprint density at radius 3 is 1.30 bits per heavy atom. The number of rotatable bonds is 10. The number of hydrogen-bond acceptors (Lipinski definition) is 2. The van der Waals surface area contributed by atoms with Crippen molar-refractivity contribution in [2.24, 2.45) is 0 Å². The molecule has 118 valence electrons. The Bertz CT molecular complexity index is 238. The molecule has 0 rings (SSSR count). The maximum Gasteiger partial charge on any atom is 0.394 e. The first kappa shape index (κ1) is 25.6. The molecule has 20 heavy (non-hydrogen) atoms. The first-order valence-corrected chi connectivity index (χ1v) is 10.4. The van der Waals surface area contributed by atoms with Crippen LogP contribution in [0.5, 0.6) is 0 Å². The van der Waals surface area contributed by atoms with Gasteiger partial charge in [0.25, 0.3) is 0 Å². The molecule has 2 N–H and O–H groups in total. The summed E-state index contributed by atoms with van der Waals surface area (Å²) in [6, 6.07) is 0. The molecular formula is C14H31NaO4S. The average molecular weight is 318 g/mol. The van der Waals surface area contributed by atoms with E-state index in [0.717, 1.165) is 0 Å². The van der Waals surface area contributed by atoms with Crippen molar-refractivity contribution < 1.29 is 17.5 Å². The SMILES string of the molecule is C=C.CCCCCCCCCCC[CH2][Na].O=S(=O)(O)O. The smallest absolute Gasteiger partial charge is 0.264 e. The van der Waals surface area contributed by atoms with Gasteiger partial charge in [-0.2, -0.15) is 8.42 Å². The van der Waals surface area contributed by atoms with Crippen molar-refractivity contribution in [3.05, 3.63) is 13.2 Å². The quantitative estimate of drug-likeness (QED) is 0.266. The molecule has 0 aliphatic carbocycles. The Morgan fingerprint density at radius 1 is 0.800 bits per heavy atom. The normalized spacial score (nSPS) is 10.1. The summed E-state index contributed by atoms with van der Waals surface area (Å²) in [5, 5.41) is 0. The number of hydrogen-bond donors (Lipinski definition) is 2. The third-order valence-corrected chi connectivity index (χ3v) is 3.41. The third kappa shape index (κ3) is 51.3. The van der Waals surface area contributed by atoms with E-state index < -0.39 is 10.4 Å². The van der Waals surface area contributed by atoms with E-state index in [9.17, 15) is 0 Å². The van der Waals surface area contributed by atoms with E-state index >= 15 is 0 Å². The van der Waals surface area contributed by atoms with Gasteiger partial charge in [0.05, 0.1) is 0 Å². The van der Waals surface area contributed by atoms with Gasteiger partial charge >= 0.3 is 113 Å². The van der Waals surface area contributed by atoms with Gasteiger partial charge in [-0.05, 0) is 0 Å². The van der Waals surface area contributed by atoms with Gasteiger partial charge in [0.1, 0.15) is 0 Å². The van der Waals surface area contributed by atoms with Crippen LogP contribution in [-0.2, 0) is 10.4 Å². The minimum Gasteiger partial charge on any atom is -0.264 e. The molecule has 0 aliphatic rings. The van der Waals surface area contributed by atoms with Crippen molar-refractivity contribution in [1.82, 2.24) is 0 Å². The standard InChI is InChI=1S/C12H25.C2H4.Na.H2O4S/c1-3-5-7-9-11-12-10-8-6-4-2;1-2;;1-5(2,3)4/h1,3-12H2,2H3;1-2H2;;(H2,1,2,3,4). The Morgan fingerprint density at radius 2 is 1.05 bits per heavy atom. The molecule has 0 unspecified atom stereocenters. The minimum absolute atomic E-state index is 1.38. The van der Waals surface area contributed by atoms with E-state index in [1.165, 1.54) is 95.8 Å². The van der Waals surface area contributed by atoms with E-state index in [1.807, 2.05) is 0 Å². The van der Waals surface area contributed by atoms with Crippen LogP contribution >= 0.6 is 0 Å². The molecule has 4 nitrogen and oxygen atoms in total. The molecule has 0 fully saturated rings.